The lowest BCUT2D eigenvalue weighted by atomic mass is 10.5. The fourth-order valence-corrected chi connectivity index (χ4v) is 0.309. The highest BCUT2D eigenvalue weighted by Crippen LogP contribution is 1.88. The summed E-state index contributed by atoms with van der Waals surface area (Å²) < 4.78 is 4.35. The predicted molar refractivity (Wildman–Crippen MR) is 38.0 cm³/mol. The third-order valence-electron chi connectivity index (χ3n) is 0.983. The Kier molecular flexibility index (Phi) is 3.32. The van der Waals surface area contributed by atoms with Crippen LogP contribution in [0.25, 0.3) is 0 Å². The molecular formula is C6H12N2O2. The van der Waals surface area contributed by atoms with Crippen molar-refractivity contribution in [1.82, 2.24) is 4.90 Å². The zero-order valence-electron chi connectivity index (χ0n) is 6.42. The Labute approximate surface area is 60.2 Å². The number of hydrogen-bond acceptors (Lipinski definition) is 4. The molecule has 0 radical (unpaired) electrons. The number of methoxy groups -OCH3 is 1. The number of nitrogens with zero attached hydrogens (tertiary/aromatic N) is 1. The van der Waals surface area contributed by atoms with Crippen LogP contribution in [0.5, 0.6) is 0 Å². The van der Waals surface area contributed by atoms with Gasteiger partial charge in [-0.2, -0.15) is 0 Å². The van der Waals surface area contributed by atoms with Gasteiger partial charge in [0, 0.05) is 14.1 Å². The first-order valence-electron chi connectivity index (χ1n) is 2.80. The molecule has 0 unspecified atom stereocenters. The van der Waals surface area contributed by atoms with Gasteiger partial charge in [0.25, 0.3) is 0 Å². The number of carbonyl (C=O) groups is 1. The Bertz CT molecular complexity index is 152. The second-order valence-corrected chi connectivity index (χ2v) is 1.99. The maximum atomic E-state index is 10.5. The quantitative estimate of drug-likeness (QED) is 0.420. The van der Waals surface area contributed by atoms with Crippen molar-refractivity contribution < 1.29 is 9.53 Å². The number of ether oxygens (including phenoxy) is 1. The number of hydrogen-bond donors (Lipinski definition) is 1. The van der Waals surface area contributed by atoms with Crippen LogP contribution in [0.15, 0.2) is 11.9 Å². The number of nitrogens with two attached hydrogens (primary N) is 1. The minimum Gasteiger partial charge on any atom is -0.466 e. The molecule has 0 atom stereocenters. The molecule has 0 aromatic carbocycles. The van der Waals surface area contributed by atoms with Crippen LogP contribution in [-0.2, 0) is 9.53 Å². The molecule has 2 N–H and O–H groups in total. The Morgan fingerprint density at radius 1 is 1.60 bits per heavy atom. The van der Waals surface area contributed by atoms with Crippen LogP contribution in [-0.4, -0.2) is 32.1 Å². The standard InChI is InChI=1S/C6H12N2O2/c1-8(2)5(7)4-6(9)10-3/h4H,7H2,1-3H3/b5-4+. The highest BCUT2D eigenvalue weighted by Gasteiger charge is 1.97. The highest BCUT2D eigenvalue weighted by atomic mass is 16.5. The molecule has 58 valence electrons. The smallest absolute Gasteiger partial charge is 0.334 e. The molecule has 4 nitrogen and oxygen atoms in total. The predicted octanol–water partition coefficient (Wildman–Crippen LogP) is -0.479. The first kappa shape index (κ1) is 8.81. The SMILES string of the molecule is COC(=O)/C=C(\N)N(C)C. The molecule has 10 heavy (non-hydrogen) atoms. The largest absolute Gasteiger partial charge is 0.466 e. The summed E-state index contributed by atoms with van der Waals surface area (Å²) in [5.74, 6) is -0.0574. The second-order valence-electron chi connectivity index (χ2n) is 1.99. The fourth-order valence-electron chi connectivity index (χ4n) is 0.309. The molecule has 0 spiro atoms. The summed E-state index contributed by atoms with van der Waals surface area (Å²) in [5, 5.41) is 0. The third-order valence-corrected chi connectivity index (χ3v) is 0.983. The summed E-state index contributed by atoms with van der Waals surface area (Å²) in [6, 6.07) is 0. The van der Waals surface area contributed by atoms with Gasteiger partial charge in [-0.1, -0.05) is 0 Å². The molecule has 0 rings (SSSR count). The minimum atomic E-state index is -0.439. The molecule has 0 aliphatic heterocycles. The van der Waals surface area contributed by atoms with Gasteiger partial charge in [-0.3, -0.25) is 0 Å². The van der Waals surface area contributed by atoms with Crippen LogP contribution in [0.1, 0.15) is 0 Å². The lowest BCUT2D eigenvalue weighted by molar-refractivity contribution is -0.134. The van der Waals surface area contributed by atoms with E-state index in [-0.39, 0.29) is 0 Å². The number of esters is 1. The average Bonchev–Trinajstić information content (AvgIpc) is 1.87. The highest BCUT2D eigenvalue weighted by molar-refractivity contribution is 5.82. The van der Waals surface area contributed by atoms with Crippen LogP contribution < -0.4 is 5.73 Å². The molecule has 0 aromatic rings. The first-order chi connectivity index (χ1) is 4.57. The Morgan fingerprint density at radius 2 is 2.10 bits per heavy atom. The fraction of sp³-hybridized carbons (Fsp3) is 0.500. The maximum Gasteiger partial charge on any atom is 0.334 e. The van der Waals surface area contributed by atoms with Crippen LogP contribution in [0.4, 0.5) is 0 Å². The summed E-state index contributed by atoms with van der Waals surface area (Å²) in [6.07, 6.45) is 1.22. The zero-order valence-corrected chi connectivity index (χ0v) is 6.42. The molecule has 0 aliphatic carbocycles. The Balaban J connectivity index is 4.03. The van der Waals surface area contributed by atoms with Gasteiger partial charge >= 0.3 is 5.97 Å². The van der Waals surface area contributed by atoms with Gasteiger partial charge in [0.1, 0.15) is 5.82 Å². The van der Waals surface area contributed by atoms with Crippen LogP contribution in [0.2, 0.25) is 0 Å². The van der Waals surface area contributed by atoms with Crippen molar-refractivity contribution in [3.63, 3.8) is 0 Å². The summed E-state index contributed by atoms with van der Waals surface area (Å²) >= 11 is 0. The van der Waals surface area contributed by atoms with Crippen molar-refractivity contribution in [3.05, 3.63) is 11.9 Å². The Morgan fingerprint density at radius 3 is 2.40 bits per heavy atom. The van der Waals surface area contributed by atoms with Gasteiger partial charge in [0.15, 0.2) is 0 Å². The minimum absolute atomic E-state index is 0.381. The number of rotatable bonds is 2. The van der Waals surface area contributed by atoms with Crippen molar-refractivity contribution >= 4 is 5.97 Å². The lowest BCUT2D eigenvalue weighted by Crippen LogP contribution is -2.19. The van der Waals surface area contributed by atoms with Crippen molar-refractivity contribution in [1.29, 1.82) is 0 Å². The second kappa shape index (κ2) is 3.76. The van der Waals surface area contributed by atoms with E-state index < -0.39 is 5.97 Å². The maximum absolute atomic E-state index is 10.5. The third kappa shape index (κ3) is 2.96. The molecule has 4 heteroatoms. The van der Waals surface area contributed by atoms with Gasteiger partial charge in [-0.25, -0.2) is 4.79 Å². The molecule has 0 fully saturated rings. The summed E-state index contributed by atoms with van der Waals surface area (Å²) in [5.41, 5.74) is 5.38. The van der Waals surface area contributed by atoms with E-state index in [9.17, 15) is 4.79 Å². The molecular weight excluding hydrogens is 132 g/mol. The van der Waals surface area contributed by atoms with Gasteiger partial charge in [0.05, 0.1) is 13.2 Å². The van der Waals surface area contributed by atoms with Crippen LogP contribution in [0.3, 0.4) is 0 Å². The molecule has 0 saturated carbocycles. The van der Waals surface area contributed by atoms with E-state index in [1.54, 1.807) is 19.0 Å². The zero-order chi connectivity index (χ0) is 8.15. The number of carbonyl (C=O) groups excluding carboxylic acids is 1. The molecule has 0 heterocycles. The van der Waals surface area contributed by atoms with E-state index in [0.717, 1.165) is 0 Å². The van der Waals surface area contributed by atoms with Crippen LogP contribution in [0, 0.1) is 0 Å². The van der Waals surface area contributed by atoms with E-state index >= 15 is 0 Å². The van der Waals surface area contributed by atoms with Crippen molar-refractivity contribution in [2.24, 2.45) is 5.73 Å². The molecule has 0 saturated heterocycles. The molecule has 0 bridgehead atoms. The van der Waals surface area contributed by atoms with Gasteiger partial charge in [0.2, 0.25) is 0 Å². The van der Waals surface area contributed by atoms with Crippen molar-refractivity contribution in [2.45, 2.75) is 0 Å². The van der Waals surface area contributed by atoms with E-state index in [0.29, 0.717) is 5.82 Å². The van der Waals surface area contributed by atoms with Crippen LogP contribution >= 0.6 is 0 Å². The van der Waals surface area contributed by atoms with Crippen molar-refractivity contribution in [2.75, 3.05) is 21.2 Å². The van der Waals surface area contributed by atoms with Gasteiger partial charge in [-0.15, -0.1) is 0 Å². The average molecular weight is 144 g/mol. The topological polar surface area (TPSA) is 55.6 Å². The van der Waals surface area contributed by atoms with E-state index in [1.807, 2.05) is 0 Å². The molecule has 0 amide bonds. The first-order valence-corrected chi connectivity index (χ1v) is 2.80. The van der Waals surface area contributed by atoms with E-state index in [2.05, 4.69) is 4.74 Å². The molecule has 0 aliphatic rings. The Hall–Kier alpha value is -1.19. The van der Waals surface area contributed by atoms with E-state index in [4.69, 9.17) is 5.73 Å². The monoisotopic (exact) mass is 144 g/mol. The van der Waals surface area contributed by atoms with E-state index in [1.165, 1.54) is 13.2 Å². The van der Waals surface area contributed by atoms with Gasteiger partial charge < -0.3 is 15.4 Å². The molecule has 0 aromatic heterocycles. The van der Waals surface area contributed by atoms with Gasteiger partial charge in [-0.05, 0) is 0 Å². The summed E-state index contributed by atoms with van der Waals surface area (Å²) in [6.45, 7) is 0. The summed E-state index contributed by atoms with van der Waals surface area (Å²) in [4.78, 5) is 12.1. The normalized spacial score (nSPS) is 10.9. The summed E-state index contributed by atoms with van der Waals surface area (Å²) in [7, 11) is 4.80. The van der Waals surface area contributed by atoms with Crippen molar-refractivity contribution in [3.8, 4) is 0 Å². The lowest BCUT2D eigenvalue weighted by Gasteiger charge is -2.10.